The summed E-state index contributed by atoms with van der Waals surface area (Å²) in [6.07, 6.45) is 3.16. The van der Waals surface area contributed by atoms with Crippen LogP contribution in [0.2, 0.25) is 5.02 Å². The van der Waals surface area contributed by atoms with Crippen molar-refractivity contribution in [2.45, 2.75) is 6.61 Å². The molecule has 0 amide bonds. The van der Waals surface area contributed by atoms with E-state index in [0.29, 0.717) is 33.5 Å². The fourth-order valence-electron chi connectivity index (χ4n) is 4.85. The van der Waals surface area contributed by atoms with Gasteiger partial charge in [-0.3, -0.25) is 4.79 Å². The zero-order valence-electron chi connectivity index (χ0n) is 21.3. The van der Waals surface area contributed by atoms with E-state index in [1.807, 2.05) is 36.4 Å². The second-order valence-corrected chi connectivity index (χ2v) is 9.82. The number of aromatic nitrogens is 5. The van der Waals surface area contributed by atoms with E-state index in [1.165, 1.54) is 10.9 Å². The Hall–Kier alpha value is -4.25. The molecule has 3 aromatic heterocycles. The van der Waals surface area contributed by atoms with Crippen molar-refractivity contribution in [2.75, 3.05) is 43.4 Å². The number of hydrogen-bond donors (Lipinski definition) is 2. The summed E-state index contributed by atoms with van der Waals surface area (Å²) in [4.78, 5) is 31.8. The number of rotatable bonds is 6. The van der Waals surface area contributed by atoms with Gasteiger partial charge in [-0.2, -0.15) is 4.98 Å². The Labute approximate surface area is 229 Å². The number of piperazine rings is 1. The van der Waals surface area contributed by atoms with Crippen LogP contribution in [0.1, 0.15) is 5.56 Å². The second-order valence-electron chi connectivity index (χ2n) is 9.42. The van der Waals surface area contributed by atoms with Gasteiger partial charge in [0.2, 0.25) is 5.95 Å². The highest BCUT2D eigenvalue weighted by atomic mass is 35.5. The maximum atomic E-state index is 13.6. The number of aliphatic hydroxyl groups excluding tert-OH is 1. The molecule has 11 heteroatoms. The van der Waals surface area contributed by atoms with E-state index in [2.05, 4.69) is 32.1 Å². The smallest absolute Gasteiger partial charge is 0.283 e. The van der Waals surface area contributed by atoms with Crippen LogP contribution >= 0.6 is 11.6 Å². The van der Waals surface area contributed by atoms with Gasteiger partial charge in [0.25, 0.3) is 5.56 Å². The number of aliphatic hydroxyl groups is 1. The molecular weight excluding hydrogens is 516 g/mol. The minimum atomic E-state index is -0.311. The van der Waals surface area contributed by atoms with Crippen LogP contribution in [0, 0.1) is 0 Å². The Bertz CT molecular complexity index is 1690. The average molecular weight is 543 g/mol. The normalized spacial score (nSPS) is 14.2. The zero-order chi connectivity index (χ0) is 26.9. The molecule has 1 fully saturated rings. The first-order valence-corrected chi connectivity index (χ1v) is 13.0. The van der Waals surface area contributed by atoms with Crippen molar-refractivity contribution < 1.29 is 5.11 Å². The van der Waals surface area contributed by atoms with Gasteiger partial charge in [-0.05, 0) is 49.5 Å². The molecule has 1 aliphatic rings. The third kappa shape index (κ3) is 4.74. The maximum absolute atomic E-state index is 13.6. The van der Waals surface area contributed by atoms with Crippen LogP contribution in [0.15, 0.2) is 77.9 Å². The van der Waals surface area contributed by atoms with Crippen molar-refractivity contribution >= 4 is 40.0 Å². The lowest BCUT2D eigenvalue weighted by atomic mass is 10.1. The van der Waals surface area contributed by atoms with Crippen LogP contribution in [0.5, 0.6) is 0 Å². The Morgan fingerprint density at radius 1 is 0.949 bits per heavy atom. The van der Waals surface area contributed by atoms with Crippen molar-refractivity contribution in [2.24, 2.45) is 0 Å². The monoisotopic (exact) mass is 542 g/mol. The molecule has 2 aromatic carbocycles. The molecule has 0 atom stereocenters. The first-order valence-electron chi connectivity index (χ1n) is 12.6. The van der Waals surface area contributed by atoms with Gasteiger partial charge < -0.3 is 20.2 Å². The highest BCUT2D eigenvalue weighted by Gasteiger charge is 2.21. The van der Waals surface area contributed by atoms with Gasteiger partial charge in [0.15, 0.2) is 11.5 Å². The first-order chi connectivity index (χ1) is 19.0. The van der Waals surface area contributed by atoms with Crippen molar-refractivity contribution in [3.63, 3.8) is 0 Å². The lowest BCUT2D eigenvalue weighted by Gasteiger charge is -2.35. The van der Waals surface area contributed by atoms with E-state index in [0.717, 1.165) is 43.1 Å². The Kier molecular flexibility index (Phi) is 6.74. The summed E-state index contributed by atoms with van der Waals surface area (Å²) in [7, 11) is 2.12. The van der Waals surface area contributed by atoms with Crippen LogP contribution in [-0.4, -0.2) is 67.5 Å². The predicted molar refractivity (Wildman–Crippen MR) is 153 cm³/mol. The highest BCUT2D eigenvalue weighted by Crippen LogP contribution is 2.28. The van der Waals surface area contributed by atoms with Gasteiger partial charge in [0.1, 0.15) is 5.39 Å². The van der Waals surface area contributed by atoms with Crippen molar-refractivity contribution in [1.82, 2.24) is 29.2 Å². The molecular formula is C28H27ClN8O2. The fraction of sp³-hybridized carbons (Fsp3) is 0.214. The molecule has 39 heavy (non-hydrogen) atoms. The van der Waals surface area contributed by atoms with Gasteiger partial charge in [-0.15, -0.1) is 0 Å². The number of likely N-dealkylation sites (N-methyl/N-ethyl adjacent to an activating group) is 1. The average Bonchev–Trinajstić information content (AvgIpc) is 3.25. The fourth-order valence-corrected chi connectivity index (χ4v) is 5.07. The summed E-state index contributed by atoms with van der Waals surface area (Å²) < 4.78 is 3.10. The van der Waals surface area contributed by atoms with Gasteiger partial charge in [0.05, 0.1) is 17.3 Å². The molecule has 0 saturated carbocycles. The van der Waals surface area contributed by atoms with Crippen LogP contribution < -0.4 is 15.8 Å². The number of benzene rings is 2. The first kappa shape index (κ1) is 25.1. The van der Waals surface area contributed by atoms with E-state index < -0.39 is 0 Å². The summed E-state index contributed by atoms with van der Waals surface area (Å²) in [6.45, 7) is 3.68. The molecule has 5 aromatic rings. The number of halogens is 1. The number of hydrogen-bond acceptors (Lipinski definition) is 8. The topological polar surface area (TPSA) is 104 Å². The Morgan fingerprint density at radius 3 is 2.49 bits per heavy atom. The summed E-state index contributed by atoms with van der Waals surface area (Å²) >= 11 is 6.49. The molecule has 0 bridgehead atoms. The third-order valence-electron chi connectivity index (χ3n) is 6.89. The lowest BCUT2D eigenvalue weighted by Crippen LogP contribution is -2.44. The third-order valence-corrected chi connectivity index (χ3v) is 7.21. The summed E-state index contributed by atoms with van der Waals surface area (Å²) in [6, 6.07) is 18.4. The van der Waals surface area contributed by atoms with E-state index in [9.17, 15) is 9.90 Å². The van der Waals surface area contributed by atoms with Crippen molar-refractivity contribution in [3.05, 3.63) is 94.0 Å². The van der Waals surface area contributed by atoms with Crippen molar-refractivity contribution in [3.8, 4) is 11.5 Å². The van der Waals surface area contributed by atoms with Crippen LogP contribution in [-0.2, 0) is 6.61 Å². The van der Waals surface area contributed by atoms with Crippen molar-refractivity contribution in [1.29, 1.82) is 0 Å². The molecule has 1 aliphatic heterocycles. The highest BCUT2D eigenvalue weighted by molar-refractivity contribution is 6.32. The van der Waals surface area contributed by atoms with E-state index in [4.69, 9.17) is 16.6 Å². The van der Waals surface area contributed by atoms with Crippen LogP contribution in [0.4, 0.5) is 17.3 Å². The van der Waals surface area contributed by atoms with Gasteiger partial charge in [-0.25, -0.2) is 19.3 Å². The molecule has 10 nitrogen and oxygen atoms in total. The molecule has 4 heterocycles. The summed E-state index contributed by atoms with van der Waals surface area (Å²) in [5.41, 5.74) is 3.15. The number of fused-ring (bicyclic) bond motifs is 1. The zero-order valence-corrected chi connectivity index (χ0v) is 22.1. The minimum Gasteiger partial charge on any atom is -0.392 e. The second kappa shape index (κ2) is 10.5. The largest absolute Gasteiger partial charge is 0.392 e. The molecule has 2 N–H and O–H groups in total. The number of anilines is 3. The SMILES string of the molecule is CN1CCN(c2ccc(Nc3ncc4c(=O)n(-c5ccccc5Cl)n(-c5ccccn5)c4n3)cc2CO)CC1. The van der Waals surface area contributed by atoms with E-state index in [-0.39, 0.29) is 12.2 Å². The number of para-hydroxylation sites is 1. The molecule has 1 saturated heterocycles. The summed E-state index contributed by atoms with van der Waals surface area (Å²) in [5, 5.41) is 14.1. The van der Waals surface area contributed by atoms with Gasteiger partial charge in [0, 0.05) is 55.5 Å². The standard InChI is InChI=1S/C28H27ClN8O2/c1-34-12-14-35(15-13-34)23-10-9-20(16-19(23)18-38)32-28-31-17-21-26(33-28)37(25-8-4-5-11-30-25)36(27(21)39)24-7-3-2-6-22(24)29/h2-11,16-17,38H,12-15,18H2,1H3,(H,31,32,33). The Morgan fingerprint density at radius 2 is 1.74 bits per heavy atom. The Balaban J connectivity index is 1.41. The number of nitrogens with one attached hydrogen (secondary N) is 1. The summed E-state index contributed by atoms with van der Waals surface area (Å²) in [5.74, 6) is 0.813. The molecule has 198 valence electrons. The predicted octanol–water partition coefficient (Wildman–Crippen LogP) is 3.61. The van der Waals surface area contributed by atoms with Gasteiger partial charge in [-0.1, -0.05) is 29.8 Å². The molecule has 0 aliphatic carbocycles. The minimum absolute atomic E-state index is 0.0863. The number of pyridine rings is 1. The van der Waals surface area contributed by atoms with Crippen LogP contribution in [0.25, 0.3) is 22.5 Å². The molecule has 0 unspecified atom stereocenters. The molecule has 6 rings (SSSR count). The quantitative estimate of drug-likeness (QED) is 0.335. The lowest BCUT2D eigenvalue weighted by molar-refractivity contribution is 0.280. The molecule has 0 spiro atoms. The van der Waals surface area contributed by atoms with Crippen LogP contribution in [0.3, 0.4) is 0 Å². The van der Waals surface area contributed by atoms with E-state index >= 15 is 0 Å². The van der Waals surface area contributed by atoms with Gasteiger partial charge >= 0.3 is 0 Å². The maximum Gasteiger partial charge on any atom is 0.283 e. The number of nitrogens with zero attached hydrogens (tertiary/aromatic N) is 7. The molecule has 0 radical (unpaired) electrons. The van der Waals surface area contributed by atoms with E-state index in [1.54, 1.807) is 35.1 Å².